The van der Waals surface area contributed by atoms with E-state index in [1.165, 1.54) is 17.8 Å². The van der Waals surface area contributed by atoms with E-state index in [1.807, 2.05) is 68.6 Å². The van der Waals surface area contributed by atoms with Crippen molar-refractivity contribution in [1.82, 2.24) is 25.1 Å². The van der Waals surface area contributed by atoms with Crippen molar-refractivity contribution in [3.8, 4) is 22.4 Å². The maximum absolute atomic E-state index is 13.6. The van der Waals surface area contributed by atoms with Crippen LogP contribution in [0.5, 0.6) is 0 Å². The van der Waals surface area contributed by atoms with Gasteiger partial charge in [0.05, 0.1) is 45.7 Å². The van der Waals surface area contributed by atoms with Crippen LogP contribution in [0, 0.1) is 23.2 Å². The summed E-state index contributed by atoms with van der Waals surface area (Å²) >= 11 is 1.43. The van der Waals surface area contributed by atoms with Crippen molar-refractivity contribution in [1.29, 1.82) is 0 Å². The number of nitrogens with zero attached hydrogens (tertiary/aromatic N) is 5. The van der Waals surface area contributed by atoms with Crippen molar-refractivity contribution < 1.29 is 19.4 Å². The summed E-state index contributed by atoms with van der Waals surface area (Å²) in [5.41, 5.74) is 6.15. The molecule has 4 saturated carbocycles. The smallest absolute Gasteiger partial charge is 0.355 e. The Labute approximate surface area is 324 Å². The first-order valence-corrected chi connectivity index (χ1v) is 20.1. The molecule has 286 valence electrons. The van der Waals surface area contributed by atoms with E-state index in [2.05, 4.69) is 39.5 Å². The van der Waals surface area contributed by atoms with Crippen LogP contribution in [0.3, 0.4) is 0 Å². The number of ether oxygens (including phenoxy) is 1. The van der Waals surface area contributed by atoms with Crippen molar-refractivity contribution in [3.05, 3.63) is 72.2 Å². The number of hydrogen-bond donors (Lipinski definition) is 4. The molecule has 4 heterocycles. The SMILES string of the molecule is CNCCOC12CC3(C)CC(C)(CC(Cn4ncc(-c5ccc(-c6ccc7c(c6)N(C(=O)Nc6nc8ccccc8s6)CCN7)nc5C(=O)O)c4C)(C3)C1)C2. The number of thiazole rings is 1. The van der Waals surface area contributed by atoms with E-state index in [0.717, 1.165) is 72.4 Å². The van der Waals surface area contributed by atoms with Crippen molar-refractivity contribution in [3.63, 3.8) is 0 Å². The maximum Gasteiger partial charge on any atom is 0.355 e. The number of urea groups is 1. The van der Waals surface area contributed by atoms with Crippen molar-refractivity contribution in [2.24, 2.45) is 16.2 Å². The highest BCUT2D eigenvalue weighted by Crippen LogP contribution is 2.72. The van der Waals surface area contributed by atoms with E-state index < -0.39 is 5.97 Å². The van der Waals surface area contributed by atoms with Gasteiger partial charge in [0.15, 0.2) is 10.8 Å². The summed E-state index contributed by atoms with van der Waals surface area (Å²) in [4.78, 5) is 37.4. The van der Waals surface area contributed by atoms with Crippen LogP contribution < -0.4 is 20.9 Å². The van der Waals surface area contributed by atoms with Gasteiger partial charge in [-0.2, -0.15) is 5.10 Å². The predicted octanol–water partition coefficient (Wildman–Crippen LogP) is 8.05. The zero-order chi connectivity index (χ0) is 38.2. The molecule has 0 saturated heterocycles. The molecule has 4 N–H and O–H groups in total. The number of rotatable bonds is 10. The molecule has 4 bridgehead atoms. The molecular formula is C42H48N8O4S. The maximum atomic E-state index is 13.6. The fraction of sp³-hybridized carbons (Fsp3) is 0.452. The fourth-order valence-corrected chi connectivity index (χ4v) is 12.3. The van der Waals surface area contributed by atoms with Gasteiger partial charge in [0, 0.05) is 48.6 Å². The monoisotopic (exact) mass is 760 g/mol. The normalized spacial score (nSPS) is 26.6. The number of likely N-dealkylation sites (N-methyl/N-ethyl adjacent to an activating group) is 1. The van der Waals surface area contributed by atoms with Gasteiger partial charge in [0.2, 0.25) is 0 Å². The van der Waals surface area contributed by atoms with Crippen molar-refractivity contribution >= 4 is 50.1 Å². The molecule has 4 fully saturated rings. The van der Waals surface area contributed by atoms with Crippen LogP contribution >= 0.6 is 11.3 Å². The molecule has 13 heteroatoms. The Balaban J connectivity index is 0.985. The molecule has 5 aromatic rings. The van der Waals surface area contributed by atoms with E-state index in [0.29, 0.717) is 47.3 Å². The van der Waals surface area contributed by atoms with Gasteiger partial charge < -0.3 is 20.5 Å². The Morgan fingerprint density at radius 2 is 1.78 bits per heavy atom. The lowest BCUT2D eigenvalue weighted by molar-refractivity contribution is -0.247. The molecule has 1 aliphatic heterocycles. The Hall–Kier alpha value is -4.85. The summed E-state index contributed by atoms with van der Waals surface area (Å²) in [5.74, 6) is -1.11. The largest absolute Gasteiger partial charge is 0.476 e. The number of para-hydroxylation sites is 1. The Morgan fingerprint density at radius 1 is 0.982 bits per heavy atom. The highest BCUT2D eigenvalue weighted by Gasteiger charge is 2.66. The highest BCUT2D eigenvalue weighted by atomic mass is 32.1. The van der Waals surface area contributed by atoms with Crippen LogP contribution in [0.1, 0.15) is 68.6 Å². The van der Waals surface area contributed by atoms with Crippen molar-refractivity contribution in [2.75, 3.05) is 48.8 Å². The van der Waals surface area contributed by atoms with E-state index >= 15 is 0 Å². The molecule has 5 aliphatic rings. The van der Waals surface area contributed by atoms with E-state index in [-0.39, 0.29) is 33.6 Å². The van der Waals surface area contributed by atoms with Gasteiger partial charge in [-0.1, -0.05) is 43.4 Å². The molecule has 10 rings (SSSR count). The molecular weight excluding hydrogens is 713 g/mol. The number of benzene rings is 2. The molecule has 3 aromatic heterocycles. The third kappa shape index (κ3) is 6.45. The average molecular weight is 761 g/mol. The molecule has 4 aliphatic carbocycles. The van der Waals surface area contributed by atoms with Gasteiger partial charge in [-0.3, -0.25) is 14.9 Å². The second-order valence-corrected chi connectivity index (χ2v) is 18.3. The van der Waals surface area contributed by atoms with Gasteiger partial charge in [-0.05, 0) is 105 Å². The summed E-state index contributed by atoms with van der Waals surface area (Å²) < 4.78 is 9.85. The number of anilines is 3. The van der Waals surface area contributed by atoms with Gasteiger partial charge in [0.25, 0.3) is 0 Å². The lowest BCUT2D eigenvalue weighted by Crippen LogP contribution is -2.64. The molecule has 0 spiro atoms. The van der Waals surface area contributed by atoms with Crippen LogP contribution in [0.2, 0.25) is 0 Å². The Kier molecular flexibility index (Phi) is 8.55. The highest BCUT2D eigenvalue weighted by molar-refractivity contribution is 7.22. The molecule has 2 unspecified atom stereocenters. The number of carboxylic acids is 1. The van der Waals surface area contributed by atoms with Crippen LogP contribution in [0.15, 0.2) is 60.8 Å². The van der Waals surface area contributed by atoms with Gasteiger partial charge in [-0.15, -0.1) is 0 Å². The lowest BCUT2D eigenvalue weighted by Gasteiger charge is -2.69. The van der Waals surface area contributed by atoms with Crippen LogP contribution in [-0.2, 0) is 11.3 Å². The first-order valence-electron chi connectivity index (χ1n) is 19.3. The van der Waals surface area contributed by atoms with E-state index in [1.54, 1.807) is 11.1 Å². The fourth-order valence-electron chi connectivity index (χ4n) is 11.5. The minimum atomic E-state index is -1.11. The summed E-state index contributed by atoms with van der Waals surface area (Å²) in [6.45, 7) is 10.3. The predicted molar refractivity (Wildman–Crippen MR) is 216 cm³/mol. The summed E-state index contributed by atoms with van der Waals surface area (Å²) in [7, 11) is 1.97. The molecule has 55 heavy (non-hydrogen) atoms. The van der Waals surface area contributed by atoms with Crippen LogP contribution in [0.25, 0.3) is 32.6 Å². The van der Waals surface area contributed by atoms with Gasteiger partial charge in [0.1, 0.15) is 0 Å². The number of aromatic nitrogens is 4. The number of fused-ring (bicyclic) bond motifs is 2. The summed E-state index contributed by atoms with van der Waals surface area (Å²) in [6, 6.07) is 16.9. The minimum absolute atomic E-state index is 0.0341. The molecule has 2 aromatic carbocycles. The number of pyridine rings is 1. The number of aromatic carboxylic acids is 1. The number of amides is 2. The Morgan fingerprint density at radius 3 is 2.55 bits per heavy atom. The number of carbonyl (C=O) groups is 2. The second-order valence-electron chi connectivity index (χ2n) is 17.2. The quantitative estimate of drug-likeness (QED) is 0.104. The number of nitrogens with one attached hydrogen (secondary N) is 3. The third-order valence-corrected chi connectivity index (χ3v) is 13.3. The summed E-state index contributed by atoms with van der Waals surface area (Å²) in [5, 5.41) is 25.5. The molecule has 2 atom stereocenters. The zero-order valence-electron chi connectivity index (χ0n) is 31.9. The molecule has 12 nitrogen and oxygen atoms in total. The summed E-state index contributed by atoms with van der Waals surface area (Å²) in [6.07, 6.45) is 8.58. The van der Waals surface area contributed by atoms with E-state index in [4.69, 9.17) is 14.8 Å². The lowest BCUT2D eigenvalue weighted by atomic mass is 9.39. The zero-order valence-corrected chi connectivity index (χ0v) is 32.7. The standard InChI is InChI=1S/C42H48N8O4S/c1-26-29(18-45-50(26)25-41-20-39(2)19-40(3,21-41)23-42(22-39,24-41)54-16-14-43-4)28-10-12-30(46-35(28)36(51)52)27-9-11-31-33(17-27)49(15-13-44-31)38(53)48-37-47-32-7-5-6-8-34(32)55-37/h5-12,17-18,43-44H,13-16,19-25H2,1-4H3,(H,51,52)(H,47,48,53). The first-order chi connectivity index (χ1) is 26.4. The number of carboxylic acid groups (broad SMARTS) is 1. The Bertz CT molecular complexity index is 2280. The second kappa shape index (κ2) is 13.1. The minimum Gasteiger partial charge on any atom is -0.476 e. The van der Waals surface area contributed by atoms with Crippen molar-refractivity contribution in [2.45, 2.75) is 71.4 Å². The average Bonchev–Trinajstić information content (AvgIpc) is 3.71. The van der Waals surface area contributed by atoms with Crippen LogP contribution in [-0.4, -0.2) is 75.7 Å². The number of hydrogen-bond acceptors (Lipinski definition) is 9. The molecule has 2 amide bonds. The topological polar surface area (TPSA) is 147 Å². The first kappa shape index (κ1) is 35.8. The van der Waals surface area contributed by atoms with Crippen LogP contribution in [0.4, 0.5) is 21.3 Å². The van der Waals surface area contributed by atoms with Gasteiger partial charge >= 0.3 is 12.0 Å². The molecule has 0 radical (unpaired) electrons. The number of carbonyl (C=O) groups excluding carboxylic acids is 1. The van der Waals surface area contributed by atoms with Gasteiger partial charge in [-0.25, -0.2) is 19.6 Å². The third-order valence-electron chi connectivity index (χ3n) is 12.4. The van der Waals surface area contributed by atoms with E-state index in [9.17, 15) is 14.7 Å².